The molecule has 0 aromatic heterocycles. The van der Waals surface area contributed by atoms with E-state index in [1.165, 1.54) is 6.92 Å². The first-order valence-corrected chi connectivity index (χ1v) is 4.29. The third-order valence-electron chi connectivity index (χ3n) is 2.28. The molecule has 0 heterocycles. The average Bonchev–Trinajstić information content (AvgIpc) is 1.98. The third kappa shape index (κ3) is 2.21. The molecule has 0 aromatic rings. The summed E-state index contributed by atoms with van der Waals surface area (Å²) in [5.41, 5.74) is 0. The highest BCUT2D eigenvalue weighted by Gasteiger charge is 2.30. The van der Waals surface area contributed by atoms with E-state index >= 15 is 0 Å². The second-order valence-corrected chi connectivity index (χ2v) is 3.31. The van der Waals surface area contributed by atoms with Gasteiger partial charge in [0, 0.05) is 12.8 Å². The molecule has 1 N–H and O–H groups in total. The summed E-state index contributed by atoms with van der Waals surface area (Å²) in [6.45, 7) is 5.17. The topological polar surface area (TPSA) is 46.5 Å². The van der Waals surface area contributed by atoms with Crippen LogP contribution >= 0.6 is 0 Å². The van der Waals surface area contributed by atoms with Gasteiger partial charge < -0.3 is 9.84 Å². The number of esters is 1. The van der Waals surface area contributed by atoms with E-state index in [0.717, 1.165) is 19.3 Å². The molecule has 1 saturated carbocycles. The summed E-state index contributed by atoms with van der Waals surface area (Å²) in [5, 5.41) is 9.41. The van der Waals surface area contributed by atoms with Crippen molar-refractivity contribution in [2.75, 3.05) is 0 Å². The molecule has 0 bridgehead atoms. The maximum absolute atomic E-state index is 10.6. The first kappa shape index (κ1) is 9.52. The van der Waals surface area contributed by atoms with Crippen molar-refractivity contribution < 1.29 is 14.6 Å². The van der Waals surface area contributed by atoms with Crippen molar-refractivity contribution in [3.05, 3.63) is 6.92 Å². The van der Waals surface area contributed by atoms with Crippen molar-refractivity contribution in [3.8, 4) is 0 Å². The smallest absolute Gasteiger partial charge is 0.302 e. The molecule has 0 spiro atoms. The molecule has 3 nitrogen and oxygen atoms in total. The monoisotopic (exact) mass is 171 g/mol. The van der Waals surface area contributed by atoms with Crippen LogP contribution in [0.25, 0.3) is 0 Å². The SMILES string of the molecule is [CH2][C@@H]1[C@H](O)CCC[C@H]1OC(C)=O. The molecular weight excluding hydrogens is 156 g/mol. The summed E-state index contributed by atoms with van der Waals surface area (Å²) in [6.07, 6.45) is 1.90. The van der Waals surface area contributed by atoms with E-state index in [1.807, 2.05) is 0 Å². The van der Waals surface area contributed by atoms with E-state index in [2.05, 4.69) is 6.92 Å². The predicted octanol–water partition coefficient (Wildman–Crippen LogP) is 0.913. The van der Waals surface area contributed by atoms with E-state index in [1.54, 1.807) is 0 Å². The Morgan fingerprint density at radius 2 is 2.25 bits per heavy atom. The number of aliphatic hydroxyl groups is 1. The molecule has 0 aliphatic heterocycles. The van der Waals surface area contributed by atoms with Crippen LogP contribution in [0.1, 0.15) is 26.2 Å². The zero-order valence-corrected chi connectivity index (χ0v) is 7.32. The van der Waals surface area contributed by atoms with Gasteiger partial charge in [-0.1, -0.05) is 0 Å². The second-order valence-electron chi connectivity index (χ2n) is 3.31. The van der Waals surface area contributed by atoms with Crippen LogP contribution in [0.15, 0.2) is 0 Å². The molecule has 69 valence electrons. The van der Waals surface area contributed by atoms with Crippen molar-refractivity contribution >= 4 is 5.97 Å². The van der Waals surface area contributed by atoms with Crippen LogP contribution in [0.3, 0.4) is 0 Å². The molecule has 1 radical (unpaired) electrons. The summed E-state index contributed by atoms with van der Waals surface area (Å²) < 4.78 is 5.01. The fourth-order valence-corrected chi connectivity index (χ4v) is 1.56. The first-order chi connectivity index (χ1) is 5.61. The molecule has 0 saturated heterocycles. The molecule has 0 amide bonds. The zero-order valence-electron chi connectivity index (χ0n) is 7.32. The molecule has 3 heteroatoms. The lowest BCUT2D eigenvalue weighted by molar-refractivity contribution is -0.152. The Morgan fingerprint density at radius 3 is 2.83 bits per heavy atom. The Bertz CT molecular complexity index is 167. The lowest BCUT2D eigenvalue weighted by Crippen LogP contribution is -2.36. The lowest BCUT2D eigenvalue weighted by Gasteiger charge is -2.31. The van der Waals surface area contributed by atoms with Crippen molar-refractivity contribution in [1.82, 2.24) is 0 Å². The minimum absolute atomic E-state index is 0.164. The fraction of sp³-hybridized carbons (Fsp3) is 0.778. The van der Waals surface area contributed by atoms with Crippen molar-refractivity contribution in [2.24, 2.45) is 5.92 Å². The zero-order chi connectivity index (χ0) is 9.14. The second kappa shape index (κ2) is 3.90. The molecular formula is C9H15O3. The number of aliphatic hydroxyl groups excluding tert-OH is 1. The molecule has 0 aromatic carbocycles. The molecule has 1 fully saturated rings. The summed E-state index contributed by atoms with van der Waals surface area (Å²) in [7, 11) is 0. The summed E-state index contributed by atoms with van der Waals surface area (Å²) in [6, 6.07) is 0. The third-order valence-corrected chi connectivity index (χ3v) is 2.28. The summed E-state index contributed by atoms with van der Waals surface area (Å²) >= 11 is 0. The van der Waals surface area contributed by atoms with E-state index < -0.39 is 6.10 Å². The van der Waals surface area contributed by atoms with Gasteiger partial charge in [0.2, 0.25) is 0 Å². The number of carbonyl (C=O) groups is 1. The van der Waals surface area contributed by atoms with E-state index in [-0.39, 0.29) is 18.0 Å². The van der Waals surface area contributed by atoms with Gasteiger partial charge in [-0.3, -0.25) is 4.79 Å². The normalized spacial score (nSPS) is 36.1. The molecule has 1 aliphatic rings. The van der Waals surface area contributed by atoms with Crippen LogP contribution in [0.5, 0.6) is 0 Å². The van der Waals surface area contributed by atoms with Crippen LogP contribution in [-0.4, -0.2) is 23.3 Å². The van der Waals surface area contributed by atoms with Gasteiger partial charge in [0.25, 0.3) is 0 Å². The quantitative estimate of drug-likeness (QED) is 0.596. The van der Waals surface area contributed by atoms with Crippen LogP contribution < -0.4 is 0 Å². The van der Waals surface area contributed by atoms with Crippen LogP contribution in [0.4, 0.5) is 0 Å². The van der Waals surface area contributed by atoms with E-state index in [0.29, 0.717) is 0 Å². The van der Waals surface area contributed by atoms with Gasteiger partial charge in [-0.25, -0.2) is 0 Å². The van der Waals surface area contributed by atoms with Crippen molar-refractivity contribution in [1.29, 1.82) is 0 Å². The number of carbonyl (C=O) groups excluding carboxylic acids is 1. The van der Waals surface area contributed by atoms with Gasteiger partial charge in [-0.2, -0.15) is 0 Å². The number of ether oxygens (including phenoxy) is 1. The van der Waals surface area contributed by atoms with Gasteiger partial charge in [-0.15, -0.1) is 0 Å². The first-order valence-electron chi connectivity index (χ1n) is 4.29. The Labute approximate surface area is 72.7 Å². The van der Waals surface area contributed by atoms with Crippen LogP contribution in [-0.2, 0) is 9.53 Å². The highest BCUT2D eigenvalue weighted by atomic mass is 16.5. The maximum Gasteiger partial charge on any atom is 0.302 e. The van der Waals surface area contributed by atoms with Crippen molar-refractivity contribution in [2.45, 2.75) is 38.4 Å². The Balaban J connectivity index is 2.46. The van der Waals surface area contributed by atoms with Gasteiger partial charge in [0.15, 0.2) is 0 Å². The van der Waals surface area contributed by atoms with Crippen LogP contribution in [0, 0.1) is 12.8 Å². The Kier molecular flexibility index (Phi) is 3.09. The molecule has 1 rings (SSSR count). The number of hydrogen-bond acceptors (Lipinski definition) is 3. The highest BCUT2D eigenvalue weighted by molar-refractivity contribution is 5.66. The molecule has 12 heavy (non-hydrogen) atoms. The van der Waals surface area contributed by atoms with Gasteiger partial charge in [0.1, 0.15) is 6.10 Å². The van der Waals surface area contributed by atoms with Gasteiger partial charge in [0.05, 0.1) is 6.10 Å². The molecule has 1 aliphatic carbocycles. The van der Waals surface area contributed by atoms with Gasteiger partial charge >= 0.3 is 5.97 Å². The average molecular weight is 171 g/mol. The standard InChI is InChI=1S/C9H15O3/c1-6-8(11)4-3-5-9(6)12-7(2)10/h6,8-9,11H,1,3-5H2,2H3/t6-,8-,9-/m1/s1. The lowest BCUT2D eigenvalue weighted by atomic mass is 9.85. The predicted molar refractivity (Wildman–Crippen MR) is 44.3 cm³/mol. The van der Waals surface area contributed by atoms with Gasteiger partial charge in [-0.05, 0) is 26.2 Å². The van der Waals surface area contributed by atoms with E-state index in [4.69, 9.17) is 4.74 Å². The number of hydrogen-bond donors (Lipinski definition) is 1. The number of rotatable bonds is 1. The molecule has 3 atom stereocenters. The largest absolute Gasteiger partial charge is 0.462 e. The Hall–Kier alpha value is -0.570. The van der Waals surface area contributed by atoms with Crippen molar-refractivity contribution in [3.63, 3.8) is 0 Å². The van der Waals surface area contributed by atoms with Crippen LogP contribution in [0.2, 0.25) is 0 Å². The van der Waals surface area contributed by atoms with E-state index in [9.17, 15) is 9.90 Å². The maximum atomic E-state index is 10.6. The minimum atomic E-state index is -0.414. The Morgan fingerprint density at radius 1 is 1.58 bits per heavy atom. The summed E-state index contributed by atoms with van der Waals surface area (Å²) in [4.78, 5) is 10.6. The minimum Gasteiger partial charge on any atom is -0.462 e. The fourth-order valence-electron chi connectivity index (χ4n) is 1.56. The highest BCUT2D eigenvalue weighted by Crippen LogP contribution is 2.26. The summed E-state index contributed by atoms with van der Waals surface area (Å²) in [5.74, 6) is -0.453. The molecule has 0 unspecified atom stereocenters.